The van der Waals surface area contributed by atoms with E-state index in [0.29, 0.717) is 24.2 Å². The number of thioether (sulfide) groups is 1. The van der Waals surface area contributed by atoms with Gasteiger partial charge in [-0.25, -0.2) is 4.98 Å². The number of amides is 1. The molecule has 1 atom stereocenters. The van der Waals surface area contributed by atoms with Crippen molar-refractivity contribution in [3.8, 4) is 5.75 Å². The smallest absolute Gasteiger partial charge is 0.263 e. The van der Waals surface area contributed by atoms with Crippen molar-refractivity contribution in [2.24, 2.45) is 5.92 Å². The van der Waals surface area contributed by atoms with Gasteiger partial charge in [-0.15, -0.1) is 11.3 Å². The number of fused-ring (bicyclic) bond motifs is 3. The van der Waals surface area contributed by atoms with Gasteiger partial charge in [0, 0.05) is 25.0 Å². The maximum Gasteiger partial charge on any atom is 0.263 e. The van der Waals surface area contributed by atoms with Crippen molar-refractivity contribution in [3.63, 3.8) is 0 Å². The molecule has 1 aromatic carbocycles. The number of hydrogen-bond acceptors (Lipinski definition) is 6. The first kappa shape index (κ1) is 22.9. The third-order valence-corrected chi connectivity index (χ3v) is 8.11. The monoisotopic (exact) mass is 471 g/mol. The third-order valence-electron chi connectivity index (χ3n) is 6.00. The molecule has 0 radical (unpaired) electrons. The summed E-state index contributed by atoms with van der Waals surface area (Å²) in [6.45, 7) is 5.26. The van der Waals surface area contributed by atoms with E-state index < -0.39 is 0 Å². The molecule has 0 saturated carbocycles. The highest BCUT2D eigenvalue weighted by Crippen LogP contribution is 2.36. The predicted molar refractivity (Wildman–Crippen MR) is 131 cm³/mol. The summed E-state index contributed by atoms with van der Waals surface area (Å²) >= 11 is 3.00. The molecular formula is C24H29N3O3S2. The second kappa shape index (κ2) is 9.67. The fourth-order valence-corrected chi connectivity index (χ4v) is 6.59. The Morgan fingerprint density at radius 1 is 1.41 bits per heavy atom. The van der Waals surface area contributed by atoms with Gasteiger partial charge in [0.1, 0.15) is 10.6 Å². The van der Waals surface area contributed by atoms with Gasteiger partial charge in [0.05, 0.1) is 18.2 Å². The van der Waals surface area contributed by atoms with Crippen LogP contribution in [0.3, 0.4) is 0 Å². The van der Waals surface area contributed by atoms with Crippen LogP contribution in [0.25, 0.3) is 10.2 Å². The van der Waals surface area contributed by atoms with Gasteiger partial charge in [0.15, 0.2) is 5.16 Å². The summed E-state index contributed by atoms with van der Waals surface area (Å²) in [7, 11) is 3.42. The van der Waals surface area contributed by atoms with E-state index in [1.54, 1.807) is 35.0 Å². The Hall–Kier alpha value is -2.32. The van der Waals surface area contributed by atoms with Gasteiger partial charge in [-0.05, 0) is 55.4 Å². The number of methoxy groups -OCH3 is 1. The normalized spacial score (nSPS) is 15.6. The molecule has 0 N–H and O–H groups in total. The number of ether oxygens (including phenoxy) is 1. The Labute approximate surface area is 196 Å². The minimum atomic E-state index is -0.00545. The number of aromatic nitrogens is 2. The first-order valence-corrected chi connectivity index (χ1v) is 12.8. The summed E-state index contributed by atoms with van der Waals surface area (Å²) in [5, 5.41) is 1.42. The molecule has 0 bridgehead atoms. The van der Waals surface area contributed by atoms with Crippen molar-refractivity contribution in [2.45, 2.75) is 51.4 Å². The second-order valence-corrected chi connectivity index (χ2v) is 10.4. The molecular weight excluding hydrogens is 442 g/mol. The molecule has 2 heterocycles. The molecule has 0 spiro atoms. The van der Waals surface area contributed by atoms with Gasteiger partial charge in [-0.2, -0.15) is 0 Å². The lowest BCUT2D eigenvalue weighted by Gasteiger charge is -2.18. The highest BCUT2D eigenvalue weighted by Gasteiger charge is 2.24. The third kappa shape index (κ3) is 4.57. The number of rotatable bonds is 7. The Balaban J connectivity index is 1.52. The Kier molecular flexibility index (Phi) is 6.90. The first-order chi connectivity index (χ1) is 15.4. The predicted octanol–water partition coefficient (Wildman–Crippen LogP) is 4.36. The molecule has 0 aliphatic heterocycles. The maximum absolute atomic E-state index is 13.3. The fourth-order valence-electron chi connectivity index (χ4n) is 4.16. The average molecular weight is 472 g/mol. The molecule has 1 unspecified atom stereocenters. The van der Waals surface area contributed by atoms with Gasteiger partial charge >= 0.3 is 0 Å². The number of carbonyl (C=O) groups excluding carboxylic acids is 1. The molecule has 0 fully saturated rings. The first-order valence-electron chi connectivity index (χ1n) is 11.0. The number of nitrogens with zero attached hydrogens (tertiary/aromatic N) is 3. The summed E-state index contributed by atoms with van der Waals surface area (Å²) < 4.78 is 6.98. The summed E-state index contributed by atoms with van der Waals surface area (Å²) in [6, 6.07) is 7.71. The van der Waals surface area contributed by atoms with E-state index in [4.69, 9.17) is 9.72 Å². The minimum absolute atomic E-state index is 0.00545. The van der Waals surface area contributed by atoms with E-state index in [2.05, 4.69) is 6.92 Å². The molecule has 32 heavy (non-hydrogen) atoms. The highest BCUT2D eigenvalue weighted by molar-refractivity contribution is 7.99. The number of hydrogen-bond donors (Lipinski definition) is 0. The van der Waals surface area contributed by atoms with Crippen LogP contribution < -0.4 is 10.3 Å². The largest absolute Gasteiger partial charge is 0.497 e. The molecule has 1 amide bonds. The van der Waals surface area contributed by atoms with E-state index in [1.165, 1.54) is 22.2 Å². The molecule has 1 aliphatic carbocycles. The van der Waals surface area contributed by atoms with Crippen molar-refractivity contribution in [3.05, 3.63) is 50.6 Å². The topological polar surface area (TPSA) is 64.4 Å². The molecule has 6 nitrogen and oxygen atoms in total. The van der Waals surface area contributed by atoms with Crippen LogP contribution in [-0.4, -0.2) is 40.3 Å². The quantitative estimate of drug-likeness (QED) is 0.378. The molecule has 8 heteroatoms. The molecule has 4 rings (SSSR count). The van der Waals surface area contributed by atoms with Gasteiger partial charge in [-0.3, -0.25) is 14.2 Å². The highest BCUT2D eigenvalue weighted by atomic mass is 32.2. The van der Waals surface area contributed by atoms with E-state index in [9.17, 15) is 9.59 Å². The summed E-state index contributed by atoms with van der Waals surface area (Å²) in [4.78, 5) is 34.7. The van der Waals surface area contributed by atoms with E-state index in [-0.39, 0.29) is 17.2 Å². The van der Waals surface area contributed by atoms with Gasteiger partial charge in [0.2, 0.25) is 5.91 Å². The van der Waals surface area contributed by atoms with Crippen molar-refractivity contribution in [2.75, 3.05) is 19.9 Å². The number of thiophene rings is 1. The second-order valence-electron chi connectivity index (χ2n) is 8.37. The molecule has 170 valence electrons. The van der Waals surface area contributed by atoms with E-state index in [0.717, 1.165) is 40.8 Å². The maximum atomic E-state index is 13.3. The zero-order valence-electron chi connectivity index (χ0n) is 19.0. The summed E-state index contributed by atoms with van der Waals surface area (Å²) in [6.07, 6.45) is 3.10. The molecule has 1 aliphatic rings. The van der Waals surface area contributed by atoms with Crippen LogP contribution in [0.4, 0.5) is 0 Å². The molecule has 3 aromatic rings. The van der Waals surface area contributed by atoms with Crippen LogP contribution in [-0.2, 0) is 30.7 Å². The average Bonchev–Trinajstić information content (AvgIpc) is 3.15. The lowest BCUT2D eigenvalue weighted by Crippen LogP contribution is -2.28. The van der Waals surface area contributed by atoms with Crippen molar-refractivity contribution < 1.29 is 9.53 Å². The van der Waals surface area contributed by atoms with Crippen LogP contribution in [0, 0.1) is 5.92 Å². The lowest BCUT2D eigenvalue weighted by molar-refractivity contribution is -0.127. The number of carbonyl (C=O) groups is 1. The zero-order valence-corrected chi connectivity index (χ0v) is 20.6. The van der Waals surface area contributed by atoms with Gasteiger partial charge in [-0.1, -0.05) is 30.8 Å². The number of benzene rings is 1. The van der Waals surface area contributed by atoms with Gasteiger partial charge < -0.3 is 9.64 Å². The Bertz CT molecular complexity index is 1200. The lowest BCUT2D eigenvalue weighted by atomic mass is 9.89. The number of aryl methyl sites for hydroxylation is 1. The van der Waals surface area contributed by atoms with Gasteiger partial charge in [0.25, 0.3) is 5.56 Å². The fraction of sp³-hybridized carbons (Fsp3) is 0.458. The van der Waals surface area contributed by atoms with Crippen LogP contribution >= 0.6 is 23.1 Å². The minimum Gasteiger partial charge on any atom is -0.497 e. The van der Waals surface area contributed by atoms with Crippen molar-refractivity contribution in [1.29, 1.82) is 0 Å². The van der Waals surface area contributed by atoms with Crippen LogP contribution in [0.5, 0.6) is 5.75 Å². The Morgan fingerprint density at radius 3 is 2.97 bits per heavy atom. The van der Waals surface area contributed by atoms with Crippen LogP contribution in [0.15, 0.2) is 34.2 Å². The summed E-state index contributed by atoms with van der Waals surface area (Å²) in [5.74, 6) is 1.65. The van der Waals surface area contributed by atoms with E-state index in [1.807, 2.05) is 31.2 Å². The van der Waals surface area contributed by atoms with E-state index >= 15 is 0 Å². The van der Waals surface area contributed by atoms with Crippen LogP contribution in [0.1, 0.15) is 36.3 Å². The molecule has 0 saturated heterocycles. The zero-order chi connectivity index (χ0) is 22.8. The van der Waals surface area contributed by atoms with Crippen LogP contribution in [0.2, 0.25) is 0 Å². The molecule has 2 aromatic heterocycles. The Morgan fingerprint density at radius 2 is 2.22 bits per heavy atom. The SMILES string of the molecule is CCn1c(SCC(=O)N(C)Cc2cccc(OC)c2)nc2sc3c(c2c1=O)CCC(C)C3. The summed E-state index contributed by atoms with van der Waals surface area (Å²) in [5.41, 5.74) is 2.24. The van der Waals surface area contributed by atoms with Crippen molar-refractivity contribution >= 4 is 39.2 Å². The standard InChI is InChI=1S/C24H29N3O3S2/c1-5-27-23(29)21-18-10-9-15(2)11-19(18)32-22(21)25-24(27)31-14-20(28)26(3)13-16-7-6-8-17(12-16)30-4/h6-8,12,15H,5,9-11,13-14H2,1-4H3. The van der Waals surface area contributed by atoms with Crippen molar-refractivity contribution in [1.82, 2.24) is 14.5 Å².